The first kappa shape index (κ1) is 16.9. The van der Waals surface area contributed by atoms with Crippen molar-refractivity contribution in [2.24, 2.45) is 5.92 Å². The summed E-state index contributed by atoms with van der Waals surface area (Å²) in [5.74, 6) is 0.297. The summed E-state index contributed by atoms with van der Waals surface area (Å²) >= 11 is 0. The Morgan fingerprint density at radius 3 is 2.25 bits per heavy atom. The number of benzene rings is 1. The molecular weight excluding hydrogens is 330 g/mol. The predicted molar refractivity (Wildman–Crippen MR) is 91.7 cm³/mol. The summed E-state index contributed by atoms with van der Waals surface area (Å²) in [7, 11) is -3.70. The summed E-state index contributed by atoms with van der Waals surface area (Å²) in [5, 5.41) is 0. The molecule has 1 aliphatic rings. The van der Waals surface area contributed by atoms with Crippen molar-refractivity contribution in [2.45, 2.75) is 50.5 Å². The van der Waals surface area contributed by atoms with Gasteiger partial charge in [0.1, 0.15) is 0 Å². The third kappa shape index (κ3) is 3.16. The van der Waals surface area contributed by atoms with Gasteiger partial charge in [0.15, 0.2) is 0 Å². The topological polar surface area (TPSA) is 112 Å². The van der Waals surface area contributed by atoms with Gasteiger partial charge in [-0.2, -0.15) is 0 Å². The summed E-state index contributed by atoms with van der Waals surface area (Å²) in [6.07, 6.45) is 3.99. The van der Waals surface area contributed by atoms with Crippen molar-refractivity contribution in [3.8, 4) is 0 Å². The van der Waals surface area contributed by atoms with Gasteiger partial charge in [0.05, 0.1) is 15.9 Å². The number of hydrogen-bond donors (Lipinski definition) is 3. The molecule has 0 aliphatic heterocycles. The van der Waals surface area contributed by atoms with Crippen LogP contribution in [-0.4, -0.2) is 24.4 Å². The molecule has 1 aromatic carbocycles. The molecule has 1 aromatic heterocycles. The predicted octanol–water partition coefficient (Wildman–Crippen LogP) is 1.38. The number of fused-ring (bicyclic) bond motifs is 1. The van der Waals surface area contributed by atoms with Crippen molar-refractivity contribution in [1.29, 1.82) is 0 Å². The Morgan fingerprint density at radius 1 is 1.04 bits per heavy atom. The number of sulfonamides is 1. The number of aromatic nitrogens is 2. The fourth-order valence-corrected chi connectivity index (χ4v) is 4.93. The molecule has 2 aromatic rings. The standard InChI is InChI=1S/C16H21N3O4S/c1-9-5-3-4-6-11(9)19-24(22,23)14-8-13-12(7-10(14)2)17-15(20)16(21)18-13/h7-9,11,19H,3-6H2,1-2H3,(H,17,20)(H,18,21)/t9-,11+/m1/s1. The molecule has 1 saturated carbocycles. The molecule has 2 atom stereocenters. The molecule has 24 heavy (non-hydrogen) atoms. The maximum atomic E-state index is 12.8. The summed E-state index contributed by atoms with van der Waals surface area (Å²) in [4.78, 5) is 27.9. The Bertz CT molecular complexity index is 991. The van der Waals surface area contributed by atoms with Gasteiger partial charge in [0.2, 0.25) is 10.0 Å². The lowest BCUT2D eigenvalue weighted by atomic mass is 9.87. The zero-order valence-electron chi connectivity index (χ0n) is 13.7. The lowest BCUT2D eigenvalue weighted by molar-refractivity contribution is 0.310. The summed E-state index contributed by atoms with van der Waals surface area (Å²) in [6, 6.07) is 2.89. The molecule has 0 saturated heterocycles. The van der Waals surface area contributed by atoms with E-state index in [4.69, 9.17) is 0 Å². The highest BCUT2D eigenvalue weighted by atomic mass is 32.2. The molecular formula is C16H21N3O4S. The van der Waals surface area contributed by atoms with Crippen LogP contribution in [0.3, 0.4) is 0 Å². The molecule has 0 radical (unpaired) electrons. The highest BCUT2D eigenvalue weighted by Gasteiger charge is 2.27. The Labute approximate surface area is 139 Å². The molecule has 1 heterocycles. The van der Waals surface area contributed by atoms with Crippen molar-refractivity contribution in [3.05, 3.63) is 38.4 Å². The first-order chi connectivity index (χ1) is 11.3. The smallest absolute Gasteiger partial charge is 0.314 e. The summed E-state index contributed by atoms with van der Waals surface area (Å²) in [6.45, 7) is 3.73. The number of aryl methyl sites for hydroxylation is 1. The van der Waals surface area contributed by atoms with Crippen LogP contribution >= 0.6 is 0 Å². The summed E-state index contributed by atoms with van der Waals surface area (Å²) in [5.41, 5.74) is -0.347. The van der Waals surface area contributed by atoms with E-state index in [0.717, 1.165) is 25.7 Å². The first-order valence-electron chi connectivity index (χ1n) is 8.07. The van der Waals surface area contributed by atoms with Crippen LogP contribution < -0.4 is 15.8 Å². The van der Waals surface area contributed by atoms with E-state index in [0.29, 0.717) is 22.5 Å². The van der Waals surface area contributed by atoms with Crippen molar-refractivity contribution in [2.75, 3.05) is 0 Å². The van der Waals surface area contributed by atoms with Crippen molar-refractivity contribution in [3.63, 3.8) is 0 Å². The van der Waals surface area contributed by atoms with E-state index in [2.05, 4.69) is 21.6 Å². The minimum absolute atomic E-state index is 0.0755. The van der Waals surface area contributed by atoms with E-state index in [1.165, 1.54) is 6.07 Å². The third-order valence-electron chi connectivity index (χ3n) is 4.73. The van der Waals surface area contributed by atoms with Crippen molar-refractivity contribution >= 4 is 21.1 Å². The van der Waals surface area contributed by atoms with E-state index in [-0.39, 0.29) is 10.9 Å². The highest BCUT2D eigenvalue weighted by Crippen LogP contribution is 2.26. The van der Waals surface area contributed by atoms with Crippen LogP contribution in [0.2, 0.25) is 0 Å². The van der Waals surface area contributed by atoms with Crippen LogP contribution in [0, 0.1) is 12.8 Å². The zero-order chi connectivity index (χ0) is 17.5. The minimum atomic E-state index is -3.70. The molecule has 7 nitrogen and oxygen atoms in total. The van der Waals surface area contributed by atoms with E-state index in [1.807, 2.05) is 0 Å². The van der Waals surface area contributed by atoms with E-state index in [9.17, 15) is 18.0 Å². The number of hydrogen-bond acceptors (Lipinski definition) is 4. The second kappa shape index (κ2) is 6.18. The van der Waals surface area contributed by atoms with Crippen LogP contribution in [-0.2, 0) is 10.0 Å². The fraction of sp³-hybridized carbons (Fsp3) is 0.500. The first-order valence-corrected chi connectivity index (χ1v) is 9.55. The van der Waals surface area contributed by atoms with E-state index < -0.39 is 21.1 Å². The third-order valence-corrected chi connectivity index (χ3v) is 6.36. The van der Waals surface area contributed by atoms with E-state index in [1.54, 1.807) is 13.0 Å². The molecule has 0 amide bonds. The molecule has 130 valence electrons. The summed E-state index contributed by atoms with van der Waals surface area (Å²) < 4.78 is 28.4. The molecule has 3 rings (SSSR count). The van der Waals surface area contributed by atoms with Gasteiger partial charge in [-0.15, -0.1) is 0 Å². The fourth-order valence-electron chi connectivity index (χ4n) is 3.30. The second-order valence-corrected chi connectivity index (χ2v) is 8.24. The van der Waals surface area contributed by atoms with Gasteiger partial charge in [0, 0.05) is 6.04 Å². The average molecular weight is 351 g/mol. The normalized spacial score (nSPS) is 21.9. The van der Waals surface area contributed by atoms with Crippen LogP contribution in [0.4, 0.5) is 0 Å². The van der Waals surface area contributed by atoms with Crippen LogP contribution in [0.5, 0.6) is 0 Å². The lowest BCUT2D eigenvalue weighted by Crippen LogP contribution is -2.41. The average Bonchev–Trinajstić information content (AvgIpc) is 2.50. The zero-order valence-corrected chi connectivity index (χ0v) is 14.5. The minimum Gasteiger partial charge on any atom is -0.316 e. The molecule has 0 unspecified atom stereocenters. The van der Waals surface area contributed by atoms with Crippen LogP contribution in [0.1, 0.15) is 38.2 Å². The Morgan fingerprint density at radius 2 is 1.62 bits per heavy atom. The largest absolute Gasteiger partial charge is 0.316 e. The van der Waals surface area contributed by atoms with Gasteiger partial charge < -0.3 is 9.97 Å². The Balaban J connectivity index is 2.03. The number of aromatic amines is 2. The van der Waals surface area contributed by atoms with Gasteiger partial charge >= 0.3 is 11.1 Å². The molecule has 1 fully saturated rings. The molecule has 0 bridgehead atoms. The Hall–Kier alpha value is -1.93. The molecule has 1 aliphatic carbocycles. The maximum Gasteiger partial charge on any atom is 0.314 e. The number of H-pyrrole nitrogens is 2. The lowest BCUT2D eigenvalue weighted by Gasteiger charge is -2.29. The highest BCUT2D eigenvalue weighted by molar-refractivity contribution is 7.89. The monoisotopic (exact) mass is 351 g/mol. The molecule has 8 heteroatoms. The van der Waals surface area contributed by atoms with Crippen LogP contribution in [0.15, 0.2) is 26.6 Å². The van der Waals surface area contributed by atoms with E-state index >= 15 is 0 Å². The van der Waals surface area contributed by atoms with Gasteiger partial charge in [-0.05, 0) is 43.4 Å². The van der Waals surface area contributed by atoms with Gasteiger partial charge in [-0.3, -0.25) is 9.59 Å². The van der Waals surface area contributed by atoms with Crippen molar-refractivity contribution < 1.29 is 8.42 Å². The van der Waals surface area contributed by atoms with Crippen LogP contribution in [0.25, 0.3) is 11.0 Å². The van der Waals surface area contributed by atoms with Gasteiger partial charge in [0.25, 0.3) is 0 Å². The molecule has 0 spiro atoms. The quantitative estimate of drug-likeness (QED) is 0.725. The molecule has 3 N–H and O–H groups in total. The maximum absolute atomic E-state index is 12.8. The van der Waals surface area contributed by atoms with Crippen molar-refractivity contribution in [1.82, 2.24) is 14.7 Å². The second-order valence-electron chi connectivity index (χ2n) is 6.56. The number of nitrogens with one attached hydrogen (secondary N) is 3. The number of rotatable bonds is 3. The Kier molecular flexibility index (Phi) is 4.35. The SMILES string of the molecule is Cc1cc2[nH]c(=O)c(=O)[nH]c2cc1S(=O)(=O)N[C@H]1CCCC[C@H]1C. The van der Waals surface area contributed by atoms with Gasteiger partial charge in [-0.25, -0.2) is 13.1 Å². The van der Waals surface area contributed by atoms with Gasteiger partial charge in [-0.1, -0.05) is 19.8 Å².